The Morgan fingerprint density at radius 1 is 1.14 bits per heavy atom. The van der Waals surface area contributed by atoms with Gasteiger partial charge in [0.25, 0.3) is 0 Å². The van der Waals surface area contributed by atoms with Crippen LogP contribution in [0, 0.1) is 0 Å². The molecule has 2 N–H and O–H groups in total. The molecule has 0 radical (unpaired) electrons. The molecule has 0 saturated carbocycles. The van der Waals surface area contributed by atoms with Crippen LogP contribution < -0.4 is 20.1 Å². The molecule has 0 amide bonds. The van der Waals surface area contributed by atoms with E-state index in [2.05, 4.69) is 32.8 Å². The number of rotatable bonds is 10. The van der Waals surface area contributed by atoms with Crippen molar-refractivity contribution in [3.05, 3.63) is 99.4 Å². The normalized spacial score (nSPS) is 14.1. The van der Waals surface area contributed by atoms with E-state index in [1.54, 1.807) is 30.4 Å². The predicted molar refractivity (Wildman–Crippen MR) is 165 cm³/mol. The molecule has 0 fully saturated rings. The maximum Gasteiger partial charge on any atom is 0.341 e. The van der Waals surface area contributed by atoms with Gasteiger partial charge in [-0.2, -0.15) is 5.10 Å². The number of thiazole rings is 1. The number of esters is 1. The number of ketones is 1. The molecule has 43 heavy (non-hydrogen) atoms. The molecule has 0 atom stereocenters. The smallest absolute Gasteiger partial charge is 0.341 e. The van der Waals surface area contributed by atoms with Crippen LogP contribution in [0.2, 0.25) is 0 Å². The Hall–Kier alpha value is -4.90. The molecule has 11 heteroatoms. The van der Waals surface area contributed by atoms with Crippen LogP contribution in [0.5, 0.6) is 11.5 Å². The maximum atomic E-state index is 13.3. The van der Waals surface area contributed by atoms with Gasteiger partial charge >= 0.3 is 5.97 Å². The Morgan fingerprint density at radius 2 is 2.05 bits per heavy atom. The van der Waals surface area contributed by atoms with Crippen molar-refractivity contribution in [3.63, 3.8) is 0 Å². The highest BCUT2D eigenvalue weighted by molar-refractivity contribution is 7.07. The number of hydrogen-bond donors (Lipinski definition) is 2. The molecule has 220 valence electrons. The molecule has 10 nitrogen and oxygen atoms in total. The fourth-order valence-corrected chi connectivity index (χ4v) is 5.60. The lowest BCUT2D eigenvalue weighted by Gasteiger charge is -2.20. The van der Waals surface area contributed by atoms with Gasteiger partial charge in [0.05, 0.1) is 48.1 Å². The molecule has 0 unspecified atom stereocenters. The zero-order chi connectivity index (χ0) is 29.8. The number of ether oxygens (including phenoxy) is 3. The largest absolute Gasteiger partial charge is 0.493 e. The number of anilines is 2. The first-order valence-electron chi connectivity index (χ1n) is 14.0. The van der Waals surface area contributed by atoms with E-state index >= 15 is 0 Å². The van der Waals surface area contributed by atoms with Crippen molar-refractivity contribution < 1.29 is 23.8 Å². The van der Waals surface area contributed by atoms with Crippen LogP contribution in [-0.4, -0.2) is 46.8 Å². The van der Waals surface area contributed by atoms with E-state index in [1.807, 2.05) is 35.7 Å². The number of aromatic nitrogens is 3. The number of hydrogen-bond acceptors (Lipinski definition) is 10. The molecule has 0 spiro atoms. The summed E-state index contributed by atoms with van der Waals surface area (Å²) in [4.78, 5) is 29.5. The van der Waals surface area contributed by atoms with Gasteiger partial charge in [-0.1, -0.05) is 12.1 Å². The molecule has 4 aromatic rings. The topological polar surface area (TPSA) is 117 Å². The van der Waals surface area contributed by atoms with Crippen LogP contribution >= 0.6 is 11.3 Å². The van der Waals surface area contributed by atoms with Gasteiger partial charge in [0.2, 0.25) is 0 Å². The van der Waals surface area contributed by atoms with Gasteiger partial charge in [0.15, 0.2) is 17.3 Å². The minimum Gasteiger partial charge on any atom is -0.493 e. The molecular formula is C32H31N5O5S. The number of benzene rings is 2. The van der Waals surface area contributed by atoms with E-state index in [4.69, 9.17) is 14.2 Å². The van der Waals surface area contributed by atoms with Gasteiger partial charge in [0.1, 0.15) is 6.61 Å². The minimum absolute atomic E-state index is 0.0689. The molecule has 0 saturated heterocycles. The molecule has 2 aromatic carbocycles. The Labute approximate surface area is 253 Å². The molecule has 1 aliphatic heterocycles. The standard InChI is InChI=1S/C32H31N5O5S/c1-3-41-32(39)23-14-35-37(16-23)9-8-20-4-6-26-28(10-20)33-15-25-27(36-26)11-22(12-29(25)38)21-5-7-30(31(13-21)40-2)42-17-24-18-43-19-34-24/h4-7,10-11,13-14,16,18-19,33,36H,3,8-9,12,15,17H2,1-2H3. The second-order valence-corrected chi connectivity index (χ2v) is 10.8. The lowest BCUT2D eigenvalue weighted by molar-refractivity contribution is -0.114. The number of carbonyl (C=O) groups excluding carboxylic acids is 2. The zero-order valence-electron chi connectivity index (χ0n) is 23.9. The van der Waals surface area contributed by atoms with Gasteiger partial charge in [-0.25, -0.2) is 9.78 Å². The molecule has 2 aliphatic rings. The van der Waals surface area contributed by atoms with Crippen molar-refractivity contribution in [1.29, 1.82) is 0 Å². The number of Topliss-reactive ketones (excluding diaryl/α,β-unsaturated/α-hetero) is 1. The van der Waals surface area contributed by atoms with Crippen molar-refractivity contribution in [2.24, 2.45) is 0 Å². The van der Waals surface area contributed by atoms with Gasteiger partial charge < -0.3 is 24.8 Å². The Kier molecular flexibility index (Phi) is 8.23. The van der Waals surface area contributed by atoms with Gasteiger partial charge in [-0.15, -0.1) is 11.3 Å². The van der Waals surface area contributed by atoms with E-state index in [9.17, 15) is 9.59 Å². The van der Waals surface area contributed by atoms with Gasteiger partial charge in [-0.05, 0) is 60.4 Å². The summed E-state index contributed by atoms with van der Waals surface area (Å²) in [5, 5.41) is 13.2. The second-order valence-electron chi connectivity index (χ2n) is 10.1. The highest BCUT2D eigenvalue weighted by Gasteiger charge is 2.26. The first-order chi connectivity index (χ1) is 21.0. The van der Waals surface area contributed by atoms with E-state index < -0.39 is 0 Å². The van der Waals surface area contributed by atoms with Crippen molar-refractivity contribution in [3.8, 4) is 11.5 Å². The van der Waals surface area contributed by atoms with Crippen LogP contribution in [0.4, 0.5) is 11.4 Å². The van der Waals surface area contributed by atoms with E-state index in [-0.39, 0.29) is 11.8 Å². The number of allylic oxidation sites excluding steroid dienone is 2. The van der Waals surface area contributed by atoms with E-state index in [0.29, 0.717) is 49.8 Å². The molecule has 1 aliphatic carbocycles. The Morgan fingerprint density at radius 3 is 2.86 bits per heavy atom. The molecule has 6 rings (SSSR count). The quantitative estimate of drug-likeness (QED) is 0.229. The first-order valence-corrected chi connectivity index (χ1v) is 14.9. The second kappa shape index (κ2) is 12.5. The molecule has 2 aromatic heterocycles. The summed E-state index contributed by atoms with van der Waals surface area (Å²) in [7, 11) is 1.61. The molecular weight excluding hydrogens is 566 g/mol. The summed E-state index contributed by atoms with van der Waals surface area (Å²) in [5.74, 6) is 0.918. The van der Waals surface area contributed by atoms with Crippen molar-refractivity contribution in [1.82, 2.24) is 14.8 Å². The number of fused-ring (bicyclic) bond motifs is 1. The zero-order valence-corrected chi connectivity index (χ0v) is 24.7. The Balaban J connectivity index is 1.15. The lowest BCUT2D eigenvalue weighted by atomic mass is 9.90. The SMILES string of the molecule is CCOC(=O)c1cnn(CCc2ccc3c(c2)NCC2=C(C=C(c4ccc(OCc5cscn5)c(OC)c4)CC2=O)N3)c1. The fourth-order valence-electron chi connectivity index (χ4n) is 5.06. The summed E-state index contributed by atoms with van der Waals surface area (Å²) >= 11 is 1.52. The van der Waals surface area contributed by atoms with Crippen molar-refractivity contribution >= 4 is 40.0 Å². The highest BCUT2D eigenvalue weighted by atomic mass is 32.1. The number of aryl methyl sites for hydroxylation is 2. The predicted octanol–water partition coefficient (Wildman–Crippen LogP) is 5.49. The van der Waals surface area contributed by atoms with E-state index in [1.165, 1.54) is 17.5 Å². The van der Waals surface area contributed by atoms with Gasteiger partial charge in [0, 0.05) is 42.4 Å². The van der Waals surface area contributed by atoms with Crippen LogP contribution in [0.1, 0.15) is 40.5 Å². The van der Waals surface area contributed by atoms with Gasteiger partial charge in [-0.3, -0.25) is 9.48 Å². The monoisotopic (exact) mass is 597 g/mol. The summed E-state index contributed by atoms with van der Waals surface area (Å²) < 4.78 is 18.3. The lowest BCUT2D eigenvalue weighted by Crippen LogP contribution is -2.18. The number of methoxy groups -OCH3 is 1. The minimum atomic E-state index is -0.370. The fraction of sp³-hybridized carbons (Fsp3) is 0.250. The van der Waals surface area contributed by atoms with Crippen LogP contribution in [0.25, 0.3) is 5.57 Å². The molecule has 0 bridgehead atoms. The summed E-state index contributed by atoms with van der Waals surface area (Å²) in [5.41, 5.74) is 9.31. The average Bonchev–Trinajstić information content (AvgIpc) is 3.68. The first kappa shape index (κ1) is 28.2. The average molecular weight is 598 g/mol. The van der Waals surface area contributed by atoms with E-state index in [0.717, 1.165) is 51.5 Å². The summed E-state index contributed by atoms with van der Waals surface area (Å²) in [6, 6.07) is 11.9. The van der Waals surface area contributed by atoms with Crippen LogP contribution in [-0.2, 0) is 29.1 Å². The van der Waals surface area contributed by atoms with Crippen LogP contribution in [0.15, 0.2) is 77.0 Å². The number of nitrogens with one attached hydrogen (secondary N) is 2. The number of carbonyl (C=O) groups is 2. The third kappa shape index (κ3) is 6.31. The third-order valence-electron chi connectivity index (χ3n) is 7.31. The summed E-state index contributed by atoms with van der Waals surface area (Å²) in [6.07, 6.45) is 6.29. The van der Waals surface area contributed by atoms with Crippen molar-refractivity contribution in [2.75, 3.05) is 30.9 Å². The third-order valence-corrected chi connectivity index (χ3v) is 7.94. The summed E-state index contributed by atoms with van der Waals surface area (Å²) in [6.45, 7) is 3.50. The maximum absolute atomic E-state index is 13.3. The van der Waals surface area contributed by atoms with Crippen LogP contribution in [0.3, 0.4) is 0 Å². The molecule has 3 heterocycles. The van der Waals surface area contributed by atoms with Crippen molar-refractivity contribution in [2.45, 2.75) is 32.9 Å². The number of nitrogens with zero attached hydrogens (tertiary/aromatic N) is 3. The Bertz CT molecular complexity index is 1720. The highest BCUT2D eigenvalue weighted by Crippen LogP contribution is 2.37.